The number of benzene rings is 11. The Morgan fingerprint density at radius 2 is 0.729 bits per heavy atom. The number of hydrogen-bond donors (Lipinski definition) is 0. The number of rotatable bonds is 10. The van der Waals surface area contributed by atoms with Crippen LogP contribution in [0.1, 0.15) is 77.0 Å². The van der Waals surface area contributed by atoms with Crippen molar-refractivity contribution in [3.8, 4) is 11.4 Å². The third kappa shape index (κ3) is 7.65. The Kier molecular flexibility index (Phi) is 11.5. The van der Waals surface area contributed by atoms with Crippen molar-refractivity contribution in [1.82, 2.24) is 9.13 Å². The van der Waals surface area contributed by atoms with Crippen molar-refractivity contribution in [3.63, 3.8) is 0 Å². The Bertz CT molecular complexity index is 4830. The molecule has 0 spiro atoms. The van der Waals surface area contributed by atoms with Gasteiger partial charge in [-0.1, -0.05) is 169 Å². The van der Waals surface area contributed by atoms with E-state index >= 15 is 0 Å². The number of fused-ring (bicyclic) bond motifs is 16. The maximum Gasteiger partial charge on any atom is 0.252 e. The lowest BCUT2D eigenvalue weighted by Crippen LogP contribution is -2.61. The van der Waals surface area contributed by atoms with Crippen molar-refractivity contribution in [3.05, 3.63) is 235 Å². The normalized spacial score (nSPS) is 13.2. The Morgan fingerprint density at radius 3 is 1.12 bits per heavy atom. The molecule has 0 saturated heterocycles. The first-order valence-electron chi connectivity index (χ1n) is 30.6. The number of para-hydroxylation sites is 4. The molecular formula is C78H63BN4S2. The summed E-state index contributed by atoms with van der Waals surface area (Å²) in [5, 5.41) is 10.3. The summed E-state index contributed by atoms with van der Waals surface area (Å²) >= 11 is 3.86. The highest BCUT2D eigenvalue weighted by Gasteiger charge is 2.45. The van der Waals surface area contributed by atoms with Crippen molar-refractivity contribution < 1.29 is 0 Å². The smallest absolute Gasteiger partial charge is 0.252 e. The Hall–Kier alpha value is -8.88. The second-order valence-electron chi connectivity index (χ2n) is 24.9. The third-order valence-corrected chi connectivity index (χ3v) is 21.1. The zero-order valence-electron chi connectivity index (χ0n) is 48.7. The van der Waals surface area contributed by atoms with Gasteiger partial charge in [0, 0.05) is 107 Å². The average Bonchev–Trinajstić information content (AvgIpc) is 2.61. The van der Waals surface area contributed by atoms with Crippen LogP contribution in [0.2, 0.25) is 0 Å². The Labute approximate surface area is 504 Å². The molecule has 7 heteroatoms. The second kappa shape index (κ2) is 19.3. The van der Waals surface area contributed by atoms with Gasteiger partial charge in [-0.05, 0) is 161 Å². The maximum atomic E-state index is 2.75. The van der Waals surface area contributed by atoms with E-state index < -0.39 is 0 Å². The minimum atomic E-state index is -0.203. The molecule has 0 unspecified atom stereocenters. The van der Waals surface area contributed by atoms with Crippen molar-refractivity contribution in [2.24, 2.45) is 0 Å². The van der Waals surface area contributed by atoms with Gasteiger partial charge < -0.3 is 18.9 Å². The molecule has 410 valence electrons. The van der Waals surface area contributed by atoms with Crippen LogP contribution in [-0.4, -0.2) is 15.8 Å². The molecule has 0 atom stereocenters. The number of aryl methyl sites for hydroxylation is 2. The van der Waals surface area contributed by atoms with Crippen molar-refractivity contribution in [2.75, 3.05) is 9.80 Å². The zero-order chi connectivity index (χ0) is 56.8. The van der Waals surface area contributed by atoms with Crippen LogP contribution in [0.5, 0.6) is 0 Å². The zero-order valence-corrected chi connectivity index (χ0v) is 50.3. The molecule has 0 fully saturated rings. The van der Waals surface area contributed by atoms with Crippen LogP contribution < -0.4 is 26.2 Å². The number of hydrogen-bond acceptors (Lipinski definition) is 4. The van der Waals surface area contributed by atoms with E-state index in [-0.39, 0.29) is 12.1 Å². The summed E-state index contributed by atoms with van der Waals surface area (Å²) in [5.41, 5.74) is 22.6. The molecule has 6 heterocycles. The number of thiophene rings is 2. The summed E-state index contributed by atoms with van der Waals surface area (Å²) in [5.74, 6) is 0. The van der Waals surface area contributed by atoms with Crippen LogP contribution in [0.4, 0.5) is 34.1 Å². The monoisotopic (exact) mass is 1130 g/mol. The van der Waals surface area contributed by atoms with Gasteiger partial charge in [-0.15, -0.1) is 22.7 Å². The van der Waals surface area contributed by atoms with E-state index in [0.717, 1.165) is 49.9 Å². The topological polar surface area (TPSA) is 16.3 Å². The predicted octanol–water partition coefficient (Wildman–Crippen LogP) is 20.7. The maximum absolute atomic E-state index is 2.75. The SMILES string of the molecule is CCCCc1cc2sc3ccccc3c2cc1N1c2cc(-n3c4ccccc4c4ccccc43)ccc2B2c3ccc(-n4c5ccccc5c5ccccc54)cc3N(c3cc4c(cc3CCCC)sc3ccccc34)c3cc(C(C)(C)C)cc1c32. The minimum Gasteiger partial charge on any atom is -0.311 e. The van der Waals surface area contributed by atoms with E-state index in [9.17, 15) is 0 Å². The third-order valence-electron chi connectivity index (χ3n) is 18.8. The van der Waals surface area contributed by atoms with Gasteiger partial charge in [-0.25, -0.2) is 0 Å². The molecule has 0 amide bonds. The molecular weight excluding hydrogens is 1070 g/mol. The molecule has 0 radical (unpaired) electrons. The van der Waals surface area contributed by atoms with Crippen molar-refractivity contribution in [1.29, 1.82) is 0 Å². The first kappa shape index (κ1) is 50.6. The van der Waals surface area contributed by atoms with Crippen molar-refractivity contribution >= 4 is 164 Å². The predicted molar refractivity (Wildman–Crippen MR) is 371 cm³/mol. The lowest BCUT2D eigenvalue weighted by Gasteiger charge is -2.46. The number of aromatic nitrogens is 2. The van der Waals surface area contributed by atoms with Gasteiger partial charge >= 0.3 is 0 Å². The Balaban J connectivity index is 1.02. The van der Waals surface area contributed by atoms with Gasteiger partial charge in [0.05, 0.1) is 22.1 Å². The largest absolute Gasteiger partial charge is 0.311 e. The molecule has 4 aromatic heterocycles. The quantitative estimate of drug-likeness (QED) is 0.127. The van der Waals surface area contributed by atoms with Gasteiger partial charge in [-0.2, -0.15) is 0 Å². The molecule has 17 rings (SSSR count). The molecule has 85 heavy (non-hydrogen) atoms. The number of unbranched alkanes of at least 4 members (excludes halogenated alkanes) is 2. The summed E-state index contributed by atoms with van der Waals surface area (Å²) in [6, 6.07) is 84.4. The van der Waals surface area contributed by atoms with Gasteiger partial charge in [0.15, 0.2) is 0 Å². The molecule has 15 aromatic rings. The summed E-state index contributed by atoms with van der Waals surface area (Å²) in [6.45, 7) is 11.8. The fourth-order valence-corrected chi connectivity index (χ4v) is 17.1. The molecule has 0 saturated carbocycles. The first-order chi connectivity index (χ1) is 41.7. The van der Waals surface area contributed by atoms with Crippen LogP contribution >= 0.6 is 22.7 Å². The molecule has 11 aromatic carbocycles. The highest BCUT2D eigenvalue weighted by Crippen LogP contribution is 2.52. The second-order valence-corrected chi connectivity index (χ2v) is 27.0. The van der Waals surface area contributed by atoms with E-state index in [1.165, 1.54) is 151 Å². The summed E-state index contributed by atoms with van der Waals surface area (Å²) in [4.78, 5) is 5.49. The van der Waals surface area contributed by atoms with Crippen LogP contribution in [0.3, 0.4) is 0 Å². The van der Waals surface area contributed by atoms with E-state index in [1.54, 1.807) is 0 Å². The van der Waals surface area contributed by atoms with Gasteiger partial charge in [0.25, 0.3) is 6.71 Å². The summed E-state index contributed by atoms with van der Waals surface area (Å²) in [6.07, 6.45) is 6.39. The fraction of sp³-hybridized carbons (Fsp3) is 0.154. The molecule has 2 aliphatic heterocycles. The molecule has 0 aliphatic carbocycles. The molecule has 2 aliphatic rings. The molecule has 0 N–H and O–H groups in total. The van der Waals surface area contributed by atoms with E-state index in [4.69, 9.17) is 0 Å². The van der Waals surface area contributed by atoms with Crippen LogP contribution in [0.15, 0.2) is 218 Å². The van der Waals surface area contributed by atoms with E-state index in [1.807, 2.05) is 22.7 Å². The molecule has 0 bridgehead atoms. The van der Waals surface area contributed by atoms with Crippen molar-refractivity contribution in [2.45, 2.75) is 78.6 Å². The lowest BCUT2D eigenvalue weighted by molar-refractivity contribution is 0.590. The lowest BCUT2D eigenvalue weighted by atomic mass is 9.33. The van der Waals surface area contributed by atoms with Gasteiger partial charge in [0.1, 0.15) is 0 Å². The average molecular weight is 1130 g/mol. The first-order valence-corrected chi connectivity index (χ1v) is 32.3. The number of nitrogens with zero attached hydrogens (tertiary/aromatic N) is 4. The minimum absolute atomic E-state index is 0.0921. The van der Waals surface area contributed by atoms with E-state index in [0.29, 0.717) is 0 Å². The standard InChI is InChI=1S/C78H63BN4S2/c1-6-8-22-48-40-75-59(57-28-14-20-34-73(57)84-75)46-67(48)82-69-44-51(80-63-30-16-10-24-53(63)54-25-11-17-31-64(54)80)36-38-61(69)79-62-39-37-52(81-65-32-18-12-26-55(65)56-27-13-19-33-66(56)81)45-70(62)83(72-43-50(78(3,4)5)42-71(82)77(72)79)68-47-60-58-29-15-21-35-74(58)85-76(60)41-49(68)23-9-7-2/h10-21,24-47H,6-9,22-23H2,1-5H3. The number of anilines is 6. The summed E-state index contributed by atoms with van der Waals surface area (Å²) < 4.78 is 10.4. The highest BCUT2D eigenvalue weighted by molar-refractivity contribution is 7.26. The van der Waals surface area contributed by atoms with Crippen LogP contribution in [0.25, 0.3) is 95.3 Å². The highest BCUT2D eigenvalue weighted by atomic mass is 32.1. The van der Waals surface area contributed by atoms with Crippen LogP contribution in [0, 0.1) is 0 Å². The molecule has 4 nitrogen and oxygen atoms in total. The fourth-order valence-electron chi connectivity index (χ4n) is 14.8. The van der Waals surface area contributed by atoms with Gasteiger partial charge in [-0.3, -0.25) is 0 Å². The van der Waals surface area contributed by atoms with E-state index in [2.05, 4.69) is 272 Å². The Morgan fingerprint density at radius 1 is 0.353 bits per heavy atom. The van der Waals surface area contributed by atoms with Crippen LogP contribution in [-0.2, 0) is 18.3 Å². The summed E-state index contributed by atoms with van der Waals surface area (Å²) in [7, 11) is 0. The van der Waals surface area contributed by atoms with Gasteiger partial charge in [0.2, 0.25) is 0 Å².